The summed E-state index contributed by atoms with van der Waals surface area (Å²) in [6, 6.07) is 5.24. The molecule has 2 rings (SSSR count). The number of halogens is 1. The molecule has 1 aliphatic rings. The Kier molecular flexibility index (Phi) is 7.11. The summed E-state index contributed by atoms with van der Waals surface area (Å²) < 4.78 is 16.4. The smallest absolute Gasteiger partial charge is 0.256 e. The van der Waals surface area contributed by atoms with Crippen molar-refractivity contribution in [2.75, 3.05) is 26.1 Å². The summed E-state index contributed by atoms with van der Waals surface area (Å²) in [5, 5.41) is 3.39. The molecule has 0 radical (unpaired) electrons. The first-order valence-electron chi connectivity index (χ1n) is 8.72. The average Bonchev–Trinajstić information content (AvgIpc) is 2.57. The molecule has 0 unspecified atom stereocenters. The summed E-state index contributed by atoms with van der Waals surface area (Å²) in [7, 11) is 3.23. The van der Waals surface area contributed by atoms with E-state index in [0.29, 0.717) is 29.0 Å². The number of anilines is 1. The first-order chi connectivity index (χ1) is 11.9. The molecule has 1 saturated carbocycles. The van der Waals surface area contributed by atoms with Crippen LogP contribution in [0.2, 0.25) is 5.02 Å². The van der Waals surface area contributed by atoms with Gasteiger partial charge < -0.3 is 19.5 Å². The largest absolute Gasteiger partial charge is 0.487 e. The number of amides is 1. The Labute approximate surface area is 155 Å². The number of carbonyl (C=O) groups excluding carboxylic acids is 1. The summed E-state index contributed by atoms with van der Waals surface area (Å²) in [4.78, 5) is 12.8. The van der Waals surface area contributed by atoms with Crippen molar-refractivity contribution in [2.24, 2.45) is 5.92 Å². The minimum Gasteiger partial charge on any atom is -0.487 e. The Morgan fingerprint density at radius 2 is 2.20 bits per heavy atom. The Bertz CT molecular complexity index is 595. The first kappa shape index (κ1) is 20.0. The molecule has 1 N–H and O–H groups in total. The summed E-state index contributed by atoms with van der Waals surface area (Å²) in [5.41, 5.74) is -0.122. The molecule has 0 spiro atoms. The maximum atomic E-state index is 12.8. The van der Waals surface area contributed by atoms with E-state index in [1.807, 2.05) is 6.92 Å². The second-order valence-electron chi connectivity index (χ2n) is 6.88. The van der Waals surface area contributed by atoms with Crippen LogP contribution in [0.25, 0.3) is 0 Å². The van der Waals surface area contributed by atoms with E-state index in [1.54, 1.807) is 32.4 Å². The zero-order valence-electron chi connectivity index (χ0n) is 15.4. The van der Waals surface area contributed by atoms with Gasteiger partial charge in [-0.05, 0) is 50.3 Å². The lowest BCUT2D eigenvalue weighted by molar-refractivity contribution is -0.143. The average molecular weight is 370 g/mol. The fourth-order valence-electron chi connectivity index (χ4n) is 3.39. The molecule has 0 aromatic heterocycles. The third-order valence-corrected chi connectivity index (χ3v) is 4.97. The van der Waals surface area contributed by atoms with Crippen molar-refractivity contribution in [3.8, 4) is 5.75 Å². The molecular formula is C19H28ClNO4. The van der Waals surface area contributed by atoms with E-state index in [9.17, 15) is 4.79 Å². The van der Waals surface area contributed by atoms with Crippen molar-refractivity contribution < 1.29 is 19.0 Å². The highest BCUT2D eigenvalue weighted by Gasteiger charge is 2.42. The monoisotopic (exact) mass is 369 g/mol. The molecule has 1 aromatic rings. The van der Waals surface area contributed by atoms with Crippen LogP contribution in [0.1, 0.15) is 39.5 Å². The zero-order valence-corrected chi connectivity index (χ0v) is 16.2. The van der Waals surface area contributed by atoms with Gasteiger partial charge in [-0.15, -0.1) is 0 Å². The Hall–Kier alpha value is -1.30. The molecule has 1 aliphatic carbocycles. The van der Waals surface area contributed by atoms with Crippen LogP contribution in [0.3, 0.4) is 0 Å². The van der Waals surface area contributed by atoms with E-state index in [1.165, 1.54) is 0 Å². The van der Waals surface area contributed by atoms with E-state index >= 15 is 0 Å². The molecule has 140 valence electrons. The second kappa shape index (κ2) is 8.88. The highest BCUT2D eigenvalue weighted by molar-refractivity contribution is 6.32. The Balaban J connectivity index is 2.06. The summed E-state index contributed by atoms with van der Waals surface area (Å²) in [6.07, 6.45) is 3.49. The Morgan fingerprint density at radius 3 is 2.80 bits per heavy atom. The number of hydrogen-bond donors (Lipinski definition) is 1. The SMILES string of the molecule is COC[C@H](C)Oc1ccc(NC(=O)[C@]2(OC)CCC[C@@H](C)C2)cc1Cl. The molecule has 0 bridgehead atoms. The number of carbonyl (C=O) groups is 1. The van der Waals surface area contributed by atoms with Crippen LogP contribution in [0, 0.1) is 5.92 Å². The van der Waals surface area contributed by atoms with Gasteiger partial charge in [-0.3, -0.25) is 4.79 Å². The van der Waals surface area contributed by atoms with Gasteiger partial charge >= 0.3 is 0 Å². The van der Waals surface area contributed by atoms with Crippen molar-refractivity contribution in [2.45, 2.75) is 51.2 Å². The molecule has 25 heavy (non-hydrogen) atoms. The quantitative estimate of drug-likeness (QED) is 0.779. The lowest BCUT2D eigenvalue weighted by Gasteiger charge is -2.37. The number of hydrogen-bond acceptors (Lipinski definition) is 4. The zero-order chi connectivity index (χ0) is 18.4. The van der Waals surface area contributed by atoms with Crippen LogP contribution in [-0.2, 0) is 14.3 Å². The van der Waals surface area contributed by atoms with Crippen molar-refractivity contribution in [1.29, 1.82) is 0 Å². The fraction of sp³-hybridized carbons (Fsp3) is 0.632. The van der Waals surface area contributed by atoms with Crippen LogP contribution >= 0.6 is 11.6 Å². The normalized spacial score (nSPS) is 24.6. The highest BCUT2D eigenvalue weighted by Crippen LogP contribution is 2.36. The molecule has 6 heteroatoms. The number of benzene rings is 1. The number of nitrogens with one attached hydrogen (secondary N) is 1. The van der Waals surface area contributed by atoms with Crippen LogP contribution in [0.5, 0.6) is 5.75 Å². The minimum absolute atomic E-state index is 0.108. The van der Waals surface area contributed by atoms with E-state index in [-0.39, 0.29) is 12.0 Å². The maximum absolute atomic E-state index is 12.8. The van der Waals surface area contributed by atoms with Crippen molar-refractivity contribution in [1.82, 2.24) is 0 Å². The molecule has 5 nitrogen and oxygen atoms in total. The topological polar surface area (TPSA) is 56.8 Å². The number of rotatable bonds is 7. The van der Waals surface area contributed by atoms with Gasteiger partial charge in [0.25, 0.3) is 5.91 Å². The molecule has 0 saturated heterocycles. The van der Waals surface area contributed by atoms with Crippen LogP contribution in [0.4, 0.5) is 5.69 Å². The van der Waals surface area contributed by atoms with E-state index in [0.717, 1.165) is 25.7 Å². The molecular weight excluding hydrogens is 342 g/mol. The highest BCUT2D eigenvalue weighted by atomic mass is 35.5. The van der Waals surface area contributed by atoms with E-state index in [4.69, 9.17) is 25.8 Å². The van der Waals surface area contributed by atoms with Crippen LogP contribution in [-0.4, -0.2) is 38.4 Å². The van der Waals surface area contributed by atoms with Gasteiger partial charge in [-0.2, -0.15) is 0 Å². The molecule has 0 heterocycles. The van der Waals surface area contributed by atoms with Gasteiger partial charge in [-0.25, -0.2) is 0 Å². The second-order valence-corrected chi connectivity index (χ2v) is 7.29. The van der Waals surface area contributed by atoms with Crippen LogP contribution in [0.15, 0.2) is 18.2 Å². The van der Waals surface area contributed by atoms with Crippen molar-refractivity contribution in [3.05, 3.63) is 23.2 Å². The first-order valence-corrected chi connectivity index (χ1v) is 9.09. The summed E-state index contributed by atoms with van der Waals surface area (Å²) in [5.74, 6) is 0.928. The van der Waals surface area contributed by atoms with Gasteiger partial charge in [0.2, 0.25) is 0 Å². The minimum atomic E-state index is -0.758. The predicted molar refractivity (Wildman–Crippen MR) is 99.4 cm³/mol. The lowest BCUT2D eigenvalue weighted by Crippen LogP contribution is -2.47. The fourth-order valence-corrected chi connectivity index (χ4v) is 3.62. The van der Waals surface area contributed by atoms with Gasteiger partial charge in [0, 0.05) is 19.9 Å². The van der Waals surface area contributed by atoms with Gasteiger partial charge in [-0.1, -0.05) is 24.9 Å². The Morgan fingerprint density at radius 1 is 1.44 bits per heavy atom. The van der Waals surface area contributed by atoms with Gasteiger partial charge in [0.15, 0.2) is 0 Å². The van der Waals surface area contributed by atoms with Crippen LogP contribution < -0.4 is 10.1 Å². The van der Waals surface area contributed by atoms with Gasteiger partial charge in [0.1, 0.15) is 17.5 Å². The summed E-state index contributed by atoms with van der Waals surface area (Å²) in [6.45, 7) is 4.54. The van der Waals surface area contributed by atoms with E-state index < -0.39 is 5.60 Å². The van der Waals surface area contributed by atoms with Crippen molar-refractivity contribution in [3.63, 3.8) is 0 Å². The van der Waals surface area contributed by atoms with Gasteiger partial charge in [0.05, 0.1) is 11.6 Å². The number of ether oxygens (including phenoxy) is 3. The maximum Gasteiger partial charge on any atom is 0.256 e. The third-order valence-electron chi connectivity index (χ3n) is 4.68. The molecule has 3 atom stereocenters. The molecule has 1 amide bonds. The molecule has 0 aliphatic heterocycles. The lowest BCUT2D eigenvalue weighted by atomic mass is 9.78. The molecule has 1 fully saturated rings. The molecule has 1 aromatic carbocycles. The summed E-state index contributed by atoms with van der Waals surface area (Å²) >= 11 is 6.29. The number of methoxy groups -OCH3 is 2. The standard InChI is InChI=1S/C19H28ClNO4/c1-13-6-5-9-19(11-13,24-4)18(22)21-15-7-8-17(16(20)10-15)25-14(2)12-23-3/h7-8,10,13-14H,5-6,9,11-12H2,1-4H3,(H,21,22)/t13-,14+,19+/m1/s1. The van der Waals surface area contributed by atoms with E-state index in [2.05, 4.69) is 12.2 Å². The van der Waals surface area contributed by atoms with Crippen molar-refractivity contribution >= 4 is 23.2 Å². The third kappa shape index (κ3) is 5.09. The predicted octanol–water partition coefficient (Wildman–Crippen LogP) is 4.29.